The number of benzene rings is 1. The van der Waals surface area contributed by atoms with Crippen molar-refractivity contribution in [1.82, 2.24) is 0 Å². The monoisotopic (exact) mass is 330 g/mol. The Kier molecular flexibility index (Phi) is 3.58. The number of carboxylic acids is 1. The first-order valence-corrected chi connectivity index (χ1v) is 4.96. The summed E-state index contributed by atoms with van der Waals surface area (Å²) in [4.78, 5) is 10.1. The zero-order valence-corrected chi connectivity index (χ0v) is 9.46. The highest BCUT2D eigenvalue weighted by atomic mass is 127. The van der Waals surface area contributed by atoms with E-state index in [-0.39, 0.29) is 5.56 Å². The van der Waals surface area contributed by atoms with E-state index in [1.165, 1.54) is 12.1 Å². The van der Waals surface area contributed by atoms with E-state index in [1.807, 2.05) is 22.6 Å². The Balaban J connectivity index is 2.99. The number of carboxylic acid groups (broad SMARTS) is 1. The second kappa shape index (κ2) is 4.38. The van der Waals surface area contributed by atoms with Gasteiger partial charge in [0.2, 0.25) is 0 Å². The van der Waals surface area contributed by atoms with Gasteiger partial charge in [-0.05, 0) is 46.4 Å². The van der Waals surface area contributed by atoms with Gasteiger partial charge in [-0.2, -0.15) is 8.78 Å². The summed E-state index contributed by atoms with van der Waals surface area (Å²) >= 11 is 1.83. The Morgan fingerprint density at radius 1 is 1.47 bits per heavy atom. The Bertz CT molecular complexity index is 393. The van der Waals surface area contributed by atoms with E-state index in [9.17, 15) is 18.0 Å². The Labute approximate surface area is 97.2 Å². The molecule has 0 saturated carbocycles. The molecule has 1 aromatic rings. The molecule has 6 heteroatoms. The van der Waals surface area contributed by atoms with Crippen LogP contribution >= 0.6 is 22.6 Å². The highest BCUT2D eigenvalue weighted by molar-refractivity contribution is 14.1. The van der Waals surface area contributed by atoms with Crippen LogP contribution in [0.5, 0.6) is 0 Å². The van der Waals surface area contributed by atoms with Crippen molar-refractivity contribution in [3.05, 3.63) is 33.1 Å². The molecule has 0 unspecified atom stereocenters. The molecule has 0 atom stereocenters. The lowest BCUT2D eigenvalue weighted by atomic mass is 10.1. The molecule has 1 rings (SSSR count). The van der Waals surface area contributed by atoms with Crippen LogP contribution in [0.25, 0.3) is 0 Å². The second-order valence-electron chi connectivity index (χ2n) is 2.92. The van der Waals surface area contributed by atoms with E-state index in [0.717, 1.165) is 6.07 Å². The van der Waals surface area contributed by atoms with Crippen LogP contribution in [-0.2, 0) is 11.2 Å². The number of hydrogen-bond acceptors (Lipinski definition) is 1. The third-order valence-corrected chi connectivity index (χ3v) is 2.40. The molecule has 0 aromatic heterocycles. The van der Waals surface area contributed by atoms with Crippen molar-refractivity contribution in [1.29, 1.82) is 0 Å². The van der Waals surface area contributed by atoms with Gasteiger partial charge in [0.25, 0.3) is 0 Å². The zero-order chi connectivity index (χ0) is 11.6. The maximum Gasteiger partial charge on any atom is 0.374 e. The van der Waals surface area contributed by atoms with Crippen molar-refractivity contribution in [2.24, 2.45) is 0 Å². The van der Waals surface area contributed by atoms with Crippen LogP contribution in [0.15, 0.2) is 18.2 Å². The van der Waals surface area contributed by atoms with E-state index in [4.69, 9.17) is 5.11 Å². The van der Waals surface area contributed by atoms with Crippen LogP contribution in [0.4, 0.5) is 13.2 Å². The highest BCUT2D eigenvalue weighted by Gasteiger charge is 2.39. The van der Waals surface area contributed by atoms with E-state index in [1.54, 1.807) is 0 Å². The normalized spacial score (nSPS) is 11.5. The summed E-state index contributed by atoms with van der Waals surface area (Å²) in [6.45, 7) is 0. The summed E-state index contributed by atoms with van der Waals surface area (Å²) in [6.07, 6.45) is -1.13. The average molecular weight is 330 g/mol. The molecule has 1 N–H and O–H groups in total. The molecule has 0 heterocycles. The van der Waals surface area contributed by atoms with Gasteiger partial charge in [0.05, 0.1) is 6.42 Å². The van der Waals surface area contributed by atoms with Crippen molar-refractivity contribution >= 4 is 28.6 Å². The average Bonchev–Trinajstić information content (AvgIpc) is 2.10. The smallest absolute Gasteiger partial charge is 0.374 e. The minimum Gasteiger partial charge on any atom is -0.477 e. The van der Waals surface area contributed by atoms with Gasteiger partial charge in [0, 0.05) is 3.57 Å². The van der Waals surface area contributed by atoms with Gasteiger partial charge in [0.1, 0.15) is 5.82 Å². The summed E-state index contributed by atoms with van der Waals surface area (Å²) < 4.78 is 39.2. The maximum absolute atomic E-state index is 13.0. The van der Waals surface area contributed by atoms with Gasteiger partial charge in [-0.15, -0.1) is 0 Å². The molecule has 0 saturated heterocycles. The molecule has 0 aliphatic rings. The van der Waals surface area contributed by atoms with E-state index >= 15 is 0 Å². The van der Waals surface area contributed by atoms with Crippen molar-refractivity contribution in [2.45, 2.75) is 12.3 Å². The SMILES string of the molecule is O=C(O)C(F)(F)Cc1cc(I)ccc1F. The molecule has 15 heavy (non-hydrogen) atoms. The summed E-state index contributed by atoms with van der Waals surface area (Å²) in [5.74, 6) is -7.01. The standard InChI is InChI=1S/C9H6F3IO2/c10-7-2-1-6(13)3-5(7)4-9(11,12)8(14)15/h1-3H,4H2,(H,14,15). The summed E-state index contributed by atoms with van der Waals surface area (Å²) in [5, 5.41) is 8.19. The Morgan fingerprint density at radius 2 is 2.07 bits per heavy atom. The fourth-order valence-corrected chi connectivity index (χ4v) is 1.55. The number of halogens is 4. The van der Waals surface area contributed by atoms with Gasteiger partial charge < -0.3 is 5.11 Å². The zero-order valence-electron chi connectivity index (χ0n) is 7.31. The first kappa shape index (κ1) is 12.3. The van der Waals surface area contributed by atoms with Crippen LogP contribution in [0.1, 0.15) is 5.56 Å². The molecule has 0 aliphatic heterocycles. The largest absolute Gasteiger partial charge is 0.477 e. The number of rotatable bonds is 3. The third kappa shape index (κ3) is 3.08. The number of alkyl halides is 2. The summed E-state index contributed by atoms with van der Waals surface area (Å²) in [6, 6.07) is 3.65. The summed E-state index contributed by atoms with van der Waals surface area (Å²) in [5.41, 5.74) is -0.297. The Hall–Kier alpha value is -0.790. The molecule has 0 radical (unpaired) electrons. The van der Waals surface area contributed by atoms with Gasteiger partial charge in [-0.1, -0.05) is 0 Å². The van der Waals surface area contributed by atoms with Crippen LogP contribution in [0.3, 0.4) is 0 Å². The fourth-order valence-electron chi connectivity index (χ4n) is 0.994. The molecular formula is C9H6F3IO2. The predicted molar refractivity (Wildman–Crippen MR) is 55.4 cm³/mol. The fraction of sp³-hybridized carbons (Fsp3) is 0.222. The van der Waals surface area contributed by atoms with E-state index in [0.29, 0.717) is 3.57 Å². The van der Waals surface area contributed by atoms with Gasteiger partial charge in [0.15, 0.2) is 0 Å². The molecule has 0 aliphatic carbocycles. The minimum atomic E-state index is -3.94. The lowest BCUT2D eigenvalue weighted by Gasteiger charge is -2.11. The molecule has 0 bridgehead atoms. The molecule has 82 valence electrons. The van der Waals surface area contributed by atoms with Crippen molar-refractivity contribution in [2.75, 3.05) is 0 Å². The minimum absolute atomic E-state index is 0.297. The van der Waals surface area contributed by atoms with Crippen LogP contribution < -0.4 is 0 Å². The maximum atomic E-state index is 13.0. The molecular weight excluding hydrogens is 324 g/mol. The number of hydrogen-bond donors (Lipinski definition) is 1. The molecule has 1 aromatic carbocycles. The first-order valence-electron chi connectivity index (χ1n) is 3.88. The lowest BCUT2D eigenvalue weighted by molar-refractivity contribution is -0.164. The molecule has 0 fully saturated rings. The van der Waals surface area contributed by atoms with Gasteiger partial charge in [-0.3, -0.25) is 0 Å². The van der Waals surface area contributed by atoms with Gasteiger partial charge in [-0.25, -0.2) is 9.18 Å². The van der Waals surface area contributed by atoms with Crippen molar-refractivity contribution in [3.63, 3.8) is 0 Å². The molecule has 0 spiro atoms. The van der Waals surface area contributed by atoms with E-state index < -0.39 is 24.1 Å². The number of carbonyl (C=O) groups is 1. The van der Waals surface area contributed by atoms with Gasteiger partial charge >= 0.3 is 11.9 Å². The topological polar surface area (TPSA) is 37.3 Å². The highest BCUT2D eigenvalue weighted by Crippen LogP contribution is 2.23. The molecule has 0 amide bonds. The van der Waals surface area contributed by atoms with Crippen molar-refractivity contribution in [3.8, 4) is 0 Å². The summed E-state index contributed by atoms with van der Waals surface area (Å²) in [7, 11) is 0. The Morgan fingerprint density at radius 3 is 2.60 bits per heavy atom. The van der Waals surface area contributed by atoms with Crippen molar-refractivity contribution < 1.29 is 23.1 Å². The first-order chi connectivity index (χ1) is 6.83. The molecule has 2 nitrogen and oxygen atoms in total. The number of aliphatic carboxylic acids is 1. The van der Waals surface area contributed by atoms with Crippen LogP contribution in [-0.4, -0.2) is 17.0 Å². The van der Waals surface area contributed by atoms with E-state index in [2.05, 4.69) is 0 Å². The predicted octanol–water partition coefficient (Wildman–Crippen LogP) is 2.69. The van der Waals surface area contributed by atoms with Crippen LogP contribution in [0, 0.1) is 9.39 Å². The lowest BCUT2D eigenvalue weighted by Crippen LogP contribution is -2.31. The second-order valence-corrected chi connectivity index (χ2v) is 4.17. The van der Waals surface area contributed by atoms with Crippen LogP contribution in [0.2, 0.25) is 0 Å². The third-order valence-electron chi connectivity index (χ3n) is 1.73. The quantitative estimate of drug-likeness (QED) is 0.866.